The number of anilines is 1. The molecule has 1 fully saturated rings. The molecule has 0 spiro atoms. The van der Waals surface area contributed by atoms with Gasteiger partial charge in [0.1, 0.15) is 11.3 Å². The summed E-state index contributed by atoms with van der Waals surface area (Å²) in [5.41, 5.74) is 4.38. The lowest BCUT2D eigenvalue weighted by Gasteiger charge is -2.34. The highest BCUT2D eigenvalue weighted by atomic mass is 35.5. The molecule has 1 amide bonds. The zero-order chi connectivity index (χ0) is 21.4. The Morgan fingerprint density at radius 2 is 1.84 bits per heavy atom. The van der Waals surface area contributed by atoms with Crippen LogP contribution in [0.4, 0.5) is 5.69 Å². The van der Waals surface area contributed by atoms with Gasteiger partial charge in [0.25, 0.3) is 0 Å². The summed E-state index contributed by atoms with van der Waals surface area (Å²) < 4.78 is 6.22. The van der Waals surface area contributed by atoms with Crippen molar-refractivity contribution >= 4 is 46.6 Å². The number of furan rings is 1. The third kappa shape index (κ3) is 4.81. The van der Waals surface area contributed by atoms with E-state index in [0.29, 0.717) is 13.1 Å². The standard InChI is InChI=1S/C25H28ClN3O2.ClH/c1-27-11-2-3-23-22(16-27)21-9-8-20(15-24(21)31-23)29-14-13-28(17-25(29)30)12-10-18-4-6-19(26)7-5-18;/h4-9,15H,2-3,10-14,16-17H2,1H3;1H. The van der Waals surface area contributed by atoms with Crippen LogP contribution in [0, 0.1) is 0 Å². The maximum atomic E-state index is 12.9. The topological polar surface area (TPSA) is 39.9 Å². The van der Waals surface area contributed by atoms with E-state index in [1.54, 1.807) is 0 Å². The summed E-state index contributed by atoms with van der Waals surface area (Å²) >= 11 is 5.96. The zero-order valence-corrected chi connectivity index (χ0v) is 19.9. The molecule has 1 saturated heterocycles. The Morgan fingerprint density at radius 3 is 2.62 bits per heavy atom. The summed E-state index contributed by atoms with van der Waals surface area (Å²) in [5, 5.41) is 1.94. The number of aryl methyl sites for hydroxylation is 1. The minimum atomic E-state index is 0. The maximum Gasteiger partial charge on any atom is 0.241 e. The Balaban J connectivity index is 0.00000245. The van der Waals surface area contributed by atoms with Gasteiger partial charge in [0.15, 0.2) is 0 Å². The van der Waals surface area contributed by atoms with E-state index in [1.807, 2.05) is 23.1 Å². The molecule has 0 radical (unpaired) electrons. The summed E-state index contributed by atoms with van der Waals surface area (Å²) in [6, 6.07) is 14.2. The molecule has 5 nitrogen and oxygen atoms in total. The predicted octanol–water partition coefficient (Wildman–Crippen LogP) is 4.78. The van der Waals surface area contributed by atoms with Gasteiger partial charge in [-0.2, -0.15) is 0 Å². The van der Waals surface area contributed by atoms with Gasteiger partial charge >= 0.3 is 0 Å². The smallest absolute Gasteiger partial charge is 0.241 e. The molecule has 32 heavy (non-hydrogen) atoms. The molecule has 0 aliphatic carbocycles. The summed E-state index contributed by atoms with van der Waals surface area (Å²) in [4.78, 5) is 19.4. The lowest BCUT2D eigenvalue weighted by Crippen LogP contribution is -2.50. The van der Waals surface area contributed by atoms with Crippen LogP contribution in [-0.2, 0) is 24.2 Å². The second kappa shape index (κ2) is 9.84. The highest BCUT2D eigenvalue weighted by molar-refractivity contribution is 6.30. The lowest BCUT2D eigenvalue weighted by atomic mass is 10.1. The SMILES string of the molecule is CN1CCCc2oc3cc(N4CCN(CCc5ccc(Cl)cc5)CC4=O)ccc3c2C1.Cl. The number of halogens is 2. The van der Waals surface area contributed by atoms with Crippen LogP contribution < -0.4 is 4.90 Å². The first kappa shape index (κ1) is 23.1. The number of rotatable bonds is 4. The highest BCUT2D eigenvalue weighted by Gasteiger charge is 2.26. The summed E-state index contributed by atoms with van der Waals surface area (Å²) in [7, 11) is 2.16. The fraction of sp³-hybridized carbons (Fsp3) is 0.400. The van der Waals surface area contributed by atoms with Crippen molar-refractivity contribution in [3.8, 4) is 0 Å². The maximum absolute atomic E-state index is 12.9. The van der Waals surface area contributed by atoms with Crippen LogP contribution in [0.5, 0.6) is 0 Å². The molecule has 2 aliphatic heterocycles. The highest BCUT2D eigenvalue weighted by Crippen LogP contribution is 2.33. The molecule has 0 atom stereocenters. The first-order chi connectivity index (χ1) is 15.1. The molecule has 2 aliphatic rings. The van der Waals surface area contributed by atoms with E-state index in [4.69, 9.17) is 16.0 Å². The Morgan fingerprint density at radius 1 is 1.03 bits per heavy atom. The fourth-order valence-corrected chi connectivity index (χ4v) is 4.84. The van der Waals surface area contributed by atoms with Crippen molar-refractivity contribution in [2.45, 2.75) is 25.8 Å². The second-order valence-electron chi connectivity index (χ2n) is 8.72. The predicted molar refractivity (Wildman–Crippen MR) is 132 cm³/mol. The molecule has 0 saturated carbocycles. The third-order valence-corrected chi connectivity index (χ3v) is 6.73. The van der Waals surface area contributed by atoms with Crippen LogP contribution in [0.15, 0.2) is 46.9 Å². The van der Waals surface area contributed by atoms with Gasteiger partial charge < -0.3 is 14.2 Å². The van der Waals surface area contributed by atoms with E-state index in [0.717, 1.165) is 67.5 Å². The fourth-order valence-electron chi connectivity index (χ4n) is 4.72. The second-order valence-corrected chi connectivity index (χ2v) is 9.16. The average Bonchev–Trinajstić information content (AvgIpc) is 2.98. The summed E-state index contributed by atoms with van der Waals surface area (Å²) in [5.74, 6) is 1.25. The van der Waals surface area contributed by atoms with Crippen LogP contribution in [0.25, 0.3) is 11.0 Å². The monoisotopic (exact) mass is 473 g/mol. The molecule has 5 rings (SSSR count). The third-order valence-electron chi connectivity index (χ3n) is 6.47. The van der Waals surface area contributed by atoms with Gasteiger partial charge in [-0.05, 0) is 56.3 Å². The normalized spacial score (nSPS) is 17.8. The number of carbonyl (C=O) groups is 1. The molecule has 170 valence electrons. The van der Waals surface area contributed by atoms with E-state index >= 15 is 0 Å². The number of hydrogen-bond acceptors (Lipinski definition) is 4. The van der Waals surface area contributed by atoms with Gasteiger partial charge in [-0.3, -0.25) is 9.69 Å². The number of hydrogen-bond donors (Lipinski definition) is 0. The van der Waals surface area contributed by atoms with Gasteiger partial charge in [-0.1, -0.05) is 23.7 Å². The van der Waals surface area contributed by atoms with E-state index in [-0.39, 0.29) is 18.3 Å². The molecule has 3 heterocycles. The van der Waals surface area contributed by atoms with Crippen LogP contribution >= 0.6 is 24.0 Å². The number of piperazine rings is 1. The van der Waals surface area contributed by atoms with E-state index in [9.17, 15) is 4.79 Å². The first-order valence-corrected chi connectivity index (χ1v) is 11.4. The van der Waals surface area contributed by atoms with E-state index < -0.39 is 0 Å². The van der Waals surface area contributed by atoms with Crippen molar-refractivity contribution in [3.63, 3.8) is 0 Å². The molecule has 7 heteroatoms. The minimum Gasteiger partial charge on any atom is -0.461 e. The molecular formula is C25H29Cl2N3O2. The van der Waals surface area contributed by atoms with E-state index in [1.165, 1.54) is 16.5 Å². The van der Waals surface area contributed by atoms with Crippen molar-refractivity contribution in [1.82, 2.24) is 9.80 Å². The van der Waals surface area contributed by atoms with Gasteiger partial charge in [0.2, 0.25) is 5.91 Å². The Hall–Kier alpha value is -2.05. The van der Waals surface area contributed by atoms with Gasteiger partial charge in [-0.25, -0.2) is 0 Å². The molecule has 0 unspecified atom stereocenters. The number of benzene rings is 2. The largest absolute Gasteiger partial charge is 0.461 e. The quantitative estimate of drug-likeness (QED) is 0.546. The zero-order valence-electron chi connectivity index (χ0n) is 18.3. The van der Waals surface area contributed by atoms with E-state index in [2.05, 4.69) is 41.1 Å². The average molecular weight is 474 g/mol. The molecule has 0 bridgehead atoms. The van der Waals surface area contributed by atoms with Crippen molar-refractivity contribution in [1.29, 1.82) is 0 Å². The van der Waals surface area contributed by atoms with Crippen molar-refractivity contribution in [2.24, 2.45) is 0 Å². The molecule has 0 N–H and O–H groups in total. The molecule has 2 aromatic carbocycles. The van der Waals surface area contributed by atoms with Crippen LogP contribution in [0.2, 0.25) is 5.02 Å². The Labute approximate surface area is 200 Å². The molecular weight excluding hydrogens is 445 g/mol. The van der Waals surface area contributed by atoms with Crippen LogP contribution in [-0.4, -0.2) is 55.5 Å². The number of carbonyl (C=O) groups excluding carboxylic acids is 1. The summed E-state index contributed by atoms with van der Waals surface area (Å²) in [6.07, 6.45) is 3.02. The number of amides is 1. The van der Waals surface area contributed by atoms with Crippen LogP contribution in [0.3, 0.4) is 0 Å². The number of fused-ring (bicyclic) bond motifs is 3. The molecule has 1 aromatic heterocycles. The Kier molecular flexibility index (Phi) is 7.11. The van der Waals surface area contributed by atoms with Gasteiger partial charge in [0, 0.05) is 60.3 Å². The number of nitrogens with zero attached hydrogens (tertiary/aromatic N) is 3. The Bertz CT molecular complexity index is 1100. The summed E-state index contributed by atoms with van der Waals surface area (Å²) in [6.45, 7) is 4.92. The van der Waals surface area contributed by atoms with Crippen LogP contribution in [0.1, 0.15) is 23.3 Å². The van der Waals surface area contributed by atoms with Gasteiger partial charge in [0.05, 0.1) is 6.54 Å². The van der Waals surface area contributed by atoms with Crippen molar-refractivity contribution in [2.75, 3.05) is 44.7 Å². The lowest BCUT2D eigenvalue weighted by molar-refractivity contribution is -0.121. The van der Waals surface area contributed by atoms with Gasteiger partial charge in [-0.15, -0.1) is 12.4 Å². The minimum absolute atomic E-state index is 0. The van der Waals surface area contributed by atoms with Crippen molar-refractivity contribution < 1.29 is 9.21 Å². The molecule has 3 aromatic rings. The first-order valence-electron chi connectivity index (χ1n) is 11.1. The van der Waals surface area contributed by atoms with Crippen molar-refractivity contribution in [3.05, 3.63) is 64.4 Å².